The smallest absolute Gasteiger partial charge is 0.0638 e. The summed E-state index contributed by atoms with van der Waals surface area (Å²) < 4.78 is 0. The zero-order chi connectivity index (χ0) is 12.3. The molecule has 0 bridgehead atoms. The summed E-state index contributed by atoms with van der Waals surface area (Å²) in [4.78, 5) is 2.13. The fourth-order valence-electron chi connectivity index (χ4n) is 3.06. The average Bonchev–Trinajstić information content (AvgIpc) is 2.09. The lowest BCUT2D eigenvalue weighted by molar-refractivity contribution is -0.00332. The summed E-state index contributed by atoms with van der Waals surface area (Å²) in [5.41, 5.74) is 0. The van der Waals surface area contributed by atoms with E-state index in [2.05, 4.69) is 18.7 Å². The molecule has 3 heteroatoms. The number of likely N-dealkylation sites (N-methyl/N-ethyl adjacent to an activating group) is 1. The van der Waals surface area contributed by atoms with E-state index in [1.165, 1.54) is 6.42 Å². The topological polar surface area (TPSA) is 43.7 Å². The van der Waals surface area contributed by atoms with E-state index in [-0.39, 0.29) is 12.2 Å². The molecule has 1 aliphatic rings. The summed E-state index contributed by atoms with van der Waals surface area (Å²) in [6.45, 7) is 7.83. The molecule has 0 amide bonds. The molecule has 96 valence electrons. The molecule has 0 radical (unpaired) electrons. The van der Waals surface area contributed by atoms with Crippen LogP contribution in [0, 0.1) is 17.8 Å². The zero-order valence-electron chi connectivity index (χ0n) is 11.1. The van der Waals surface area contributed by atoms with Gasteiger partial charge in [-0.2, -0.15) is 0 Å². The van der Waals surface area contributed by atoms with Gasteiger partial charge in [0.1, 0.15) is 0 Å². The summed E-state index contributed by atoms with van der Waals surface area (Å²) in [6.07, 6.45) is 1.68. The van der Waals surface area contributed by atoms with Crippen molar-refractivity contribution in [2.24, 2.45) is 17.8 Å². The Morgan fingerprint density at radius 2 is 1.94 bits per heavy atom. The molecule has 1 saturated carbocycles. The van der Waals surface area contributed by atoms with E-state index < -0.39 is 0 Å². The number of rotatable bonds is 4. The Morgan fingerprint density at radius 3 is 2.44 bits per heavy atom. The summed E-state index contributed by atoms with van der Waals surface area (Å²) in [5, 5.41) is 19.4. The zero-order valence-corrected chi connectivity index (χ0v) is 11.1. The van der Waals surface area contributed by atoms with Crippen molar-refractivity contribution in [2.75, 3.05) is 20.1 Å². The standard InChI is InChI=1S/C13H27NO2/c1-9-5-10(2)12(13(16)6-9)8-14(4)7-11(3)15/h9-13,15-16H,5-8H2,1-4H3. The van der Waals surface area contributed by atoms with Crippen molar-refractivity contribution in [3.63, 3.8) is 0 Å². The lowest BCUT2D eigenvalue weighted by Gasteiger charge is -2.39. The number of hydrogen-bond acceptors (Lipinski definition) is 3. The molecule has 16 heavy (non-hydrogen) atoms. The van der Waals surface area contributed by atoms with Crippen LogP contribution in [0.4, 0.5) is 0 Å². The van der Waals surface area contributed by atoms with E-state index in [0.717, 1.165) is 13.0 Å². The maximum atomic E-state index is 10.1. The molecule has 0 aromatic carbocycles. The molecule has 0 saturated heterocycles. The van der Waals surface area contributed by atoms with Gasteiger partial charge in [-0.15, -0.1) is 0 Å². The molecule has 1 rings (SSSR count). The molecule has 0 aromatic rings. The summed E-state index contributed by atoms with van der Waals surface area (Å²) in [6, 6.07) is 0. The van der Waals surface area contributed by atoms with Crippen molar-refractivity contribution in [3.05, 3.63) is 0 Å². The van der Waals surface area contributed by atoms with Crippen LogP contribution >= 0.6 is 0 Å². The predicted molar refractivity (Wildman–Crippen MR) is 66.2 cm³/mol. The van der Waals surface area contributed by atoms with Crippen LogP contribution in [0.25, 0.3) is 0 Å². The molecule has 1 fully saturated rings. The normalized spacial score (nSPS) is 37.7. The van der Waals surface area contributed by atoms with Gasteiger partial charge in [0.05, 0.1) is 12.2 Å². The largest absolute Gasteiger partial charge is 0.393 e. The van der Waals surface area contributed by atoms with E-state index in [9.17, 15) is 10.2 Å². The first-order valence-electron chi connectivity index (χ1n) is 6.44. The highest BCUT2D eigenvalue weighted by Gasteiger charge is 2.33. The Bertz CT molecular complexity index is 196. The van der Waals surface area contributed by atoms with E-state index >= 15 is 0 Å². The fraction of sp³-hybridized carbons (Fsp3) is 1.00. The Morgan fingerprint density at radius 1 is 1.31 bits per heavy atom. The van der Waals surface area contributed by atoms with Crippen molar-refractivity contribution in [1.29, 1.82) is 0 Å². The van der Waals surface area contributed by atoms with Gasteiger partial charge in [0.25, 0.3) is 0 Å². The monoisotopic (exact) mass is 229 g/mol. The van der Waals surface area contributed by atoms with Crippen LogP contribution in [0.3, 0.4) is 0 Å². The molecule has 5 atom stereocenters. The van der Waals surface area contributed by atoms with Crippen LogP contribution < -0.4 is 0 Å². The Hall–Kier alpha value is -0.120. The predicted octanol–water partition coefficient (Wildman–Crippen LogP) is 1.34. The average molecular weight is 229 g/mol. The Labute approximate surface area is 99.5 Å². The highest BCUT2D eigenvalue weighted by atomic mass is 16.3. The van der Waals surface area contributed by atoms with Crippen LogP contribution in [-0.4, -0.2) is 47.5 Å². The van der Waals surface area contributed by atoms with Crippen molar-refractivity contribution in [3.8, 4) is 0 Å². The van der Waals surface area contributed by atoms with Crippen molar-refractivity contribution < 1.29 is 10.2 Å². The lowest BCUT2D eigenvalue weighted by Crippen LogP contribution is -2.42. The number of aliphatic hydroxyl groups excluding tert-OH is 2. The molecule has 0 heterocycles. The second-order valence-electron chi connectivity index (χ2n) is 5.86. The molecule has 3 nitrogen and oxygen atoms in total. The van der Waals surface area contributed by atoms with Crippen LogP contribution in [0.1, 0.15) is 33.6 Å². The fourth-order valence-corrected chi connectivity index (χ4v) is 3.06. The second kappa shape index (κ2) is 5.99. The molecule has 1 aliphatic carbocycles. The number of nitrogens with zero attached hydrogens (tertiary/aromatic N) is 1. The summed E-state index contributed by atoms with van der Waals surface area (Å²) in [5.74, 6) is 1.58. The molecule has 0 aromatic heterocycles. The van der Waals surface area contributed by atoms with Crippen LogP contribution in [0.2, 0.25) is 0 Å². The molecule has 2 N–H and O–H groups in total. The molecule has 0 spiro atoms. The van der Waals surface area contributed by atoms with Gasteiger partial charge in [0.15, 0.2) is 0 Å². The maximum absolute atomic E-state index is 10.1. The third kappa shape index (κ3) is 4.04. The van der Waals surface area contributed by atoms with Crippen molar-refractivity contribution in [1.82, 2.24) is 4.90 Å². The summed E-state index contributed by atoms with van der Waals surface area (Å²) in [7, 11) is 2.02. The van der Waals surface area contributed by atoms with E-state index in [1.54, 1.807) is 6.92 Å². The van der Waals surface area contributed by atoms with Crippen molar-refractivity contribution >= 4 is 0 Å². The Balaban J connectivity index is 2.45. The maximum Gasteiger partial charge on any atom is 0.0638 e. The third-order valence-electron chi connectivity index (χ3n) is 3.74. The highest BCUT2D eigenvalue weighted by molar-refractivity contribution is 4.84. The van der Waals surface area contributed by atoms with Crippen LogP contribution in [0.5, 0.6) is 0 Å². The van der Waals surface area contributed by atoms with Gasteiger partial charge in [0.2, 0.25) is 0 Å². The molecule has 5 unspecified atom stereocenters. The second-order valence-corrected chi connectivity index (χ2v) is 5.86. The minimum absolute atomic E-state index is 0.171. The van der Waals surface area contributed by atoms with Crippen molar-refractivity contribution in [2.45, 2.75) is 45.8 Å². The van der Waals surface area contributed by atoms with E-state index in [4.69, 9.17) is 0 Å². The van der Waals surface area contributed by atoms with Gasteiger partial charge in [-0.3, -0.25) is 0 Å². The van der Waals surface area contributed by atoms with E-state index in [0.29, 0.717) is 24.3 Å². The van der Waals surface area contributed by atoms with Gasteiger partial charge in [-0.1, -0.05) is 13.8 Å². The van der Waals surface area contributed by atoms with Gasteiger partial charge < -0.3 is 15.1 Å². The summed E-state index contributed by atoms with van der Waals surface area (Å²) >= 11 is 0. The first-order chi connectivity index (χ1) is 7.40. The first-order valence-corrected chi connectivity index (χ1v) is 6.44. The lowest BCUT2D eigenvalue weighted by atomic mass is 9.73. The SMILES string of the molecule is CC(O)CN(C)CC1C(C)CC(C)CC1O. The minimum atomic E-state index is -0.292. The quantitative estimate of drug-likeness (QED) is 0.764. The Kier molecular flexibility index (Phi) is 5.22. The van der Waals surface area contributed by atoms with Gasteiger partial charge in [-0.25, -0.2) is 0 Å². The highest BCUT2D eigenvalue weighted by Crippen LogP contribution is 2.34. The molecule has 0 aliphatic heterocycles. The number of aliphatic hydroxyl groups is 2. The van der Waals surface area contributed by atoms with Gasteiger partial charge in [-0.05, 0) is 38.6 Å². The van der Waals surface area contributed by atoms with Crippen LogP contribution in [-0.2, 0) is 0 Å². The van der Waals surface area contributed by atoms with Gasteiger partial charge in [0, 0.05) is 19.0 Å². The van der Waals surface area contributed by atoms with Crippen LogP contribution in [0.15, 0.2) is 0 Å². The third-order valence-corrected chi connectivity index (χ3v) is 3.74. The minimum Gasteiger partial charge on any atom is -0.393 e. The van der Waals surface area contributed by atoms with E-state index in [1.807, 2.05) is 7.05 Å². The number of hydrogen-bond donors (Lipinski definition) is 2. The van der Waals surface area contributed by atoms with Gasteiger partial charge >= 0.3 is 0 Å². The molecular formula is C13H27NO2. The first kappa shape index (κ1) is 13.9. The molecular weight excluding hydrogens is 202 g/mol.